The molecule has 1 heterocycles. The fraction of sp³-hybridized carbons (Fsp3) is 0.400. The smallest absolute Gasteiger partial charge is 0.342 e. The Morgan fingerprint density at radius 1 is 1.45 bits per heavy atom. The van der Waals surface area contributed by atoms with Gasteiger partial charge in [0.1, 0.15) is 18.7 Å². The summed E-state index contributed by atoms with van der Waals surface area (Å²) in [5.41, 5.74) is -0.271. The van der Waals surface area contributed by atoms with E-state index in [-0.39, 0.29) is 12.2 Å². The quantitative estimate of drug-likeness (QED) is 0.557. The molecule has 0 unspecified atom stereocenters. The number of hydrogen-bond acceptors (Lipinski definition) is 7. The molecular formula is C10H11N5O4S. The predicted octanol–water partition coefficient (Wildman–Crippen LogP) is -0.376. The van der Waals surface area contributed by atoms with E-state index in [1.807, 2.05) is 0 Å². The summed E-state index contributed by atoms with van der Waals surface area (Å²) < 4.78 is 29.8. The zero-order chi connectivity index (χ0) is 15.2. The summed E-state index contributed by atoms with van der Waals surface area (Å²) in [6.45, 7) is 0.613. The number of carbonyl (C=O) groups excluding carboxylic acids is 1. The lowest BCUT2D eigenvalue weighted by Gasteiger charge is -2.15. The molecule has 0 fully saturated rings. The maximum Gasteiger partial charge on any atom is 0.342 e. The van der Waals surface area contributed by atoms with Gasteiger partial charge in [-0.25, -0.2) is 13.2 Å². The van der Waals surface area contributed by atoms with Crippen molar-refractivity contribution in [1.29, 1.82) is 10.5 Å². The topological polar surface area (TPSA) is 140 Å². The van der Waals surface area contributed by atoms with Crippen LogP contribution in [0.15, 0.2) is 11.2 Å². The molecule has 0 atom stereocenters. The van der Waals surface area contributed by atoms with E-state index in [0.29, 0.717) is 4.31 Å². The molecule has 0 aliphatic rings. The first-order valence-corrected chi connectivity index (χ1v) is 6.87. The van der Waals surface area contributed by atoms with Crippen LogP contribution < -0.4 is 0 Å². The molecular weight excluding hydrogens is 286 g/mol. The van der Waals surface area contributed by atoms with Crippen molar-refractivity contribution in [3.8, 4) is 12.1 Å². The van der Waals surface area contributed by atoms with Crippen molar-refractivity contribution in [1.82, 2.24) is 14.5 Å². The number of sulfonamides is 1. The van der Waals surface area contributed by atoms with Crippen molar-refractivity contribution in [2.45, 2.75) is 11.9 Å². The fourth-order valence-electron chi connectivity index (χ4n) is 1.34. The van der Waals surface area contributed by atoms with Gasteiger partial charge in [0, 0.05) is 0 Å². The Labute approximate surface area is 115 Å². The molecule has 0 aliphatic heterocycles. The average Bonchev–Trinajstić information content (AvgIpc) is 2.88. The van der Waals surface area contributed by atoms with Gasteiger partial charge in [-0.05, 0) is 6.92 Å². The van der Waals surface area contributed by atoms with Gasteiger partial charge < -0.3 is 4.74 Å². The van der Waals surface area contributed by atoms with Gasteiger partial charge in [-0.2, -0.15) is 19.9 Å². The number of carbonyl (C=O) groups is 1. The molecule has 0 aliphatic carbocycles. The highest BCUT2D eigenvalue weighted by Crippen LogP contribution is 2.18. The molecule has 0 amide bonds. The van der Waals surface area contributed by atoms with Crippen molar-refractivity contribution in [3.63, 3.8) is 0 Å². The van der Waals surface area contributed by atoms with Crippen LogP contribution in [0.1, 0.15) is 17.3 Å². The highest BCUT2D eigenvalue weighted by Gasteiger charge is 2.31. The van der Waals surface area contributed by atoms with Gasteiger partial charge in [0.05, 0.1) is 24.9 Å². The summed E-state index contributed by atoms with van der Waals surface area (Å²) in [4.78, 5) is 11.6. The van der Waals surface area contributed by atoms with Crippen LogP contribution >= 0.6 is 0 Å². The Kier molecular flexibility index (Phi) is 5.20. The van der Waals surface area contributed by atoms with E-state index >= 15 is 0 Å². The first-order valence-electron chi connectivity index (χ1n) is 5.43. The number of nitrogens with one attached hydrogen (secondary N) is 1. The second kappa shape index (κ2) is 6.65. The van der Waals surface area contributed by atoms with Crippen LogP contribution in [0.5, 0.6) is 0 Å². The zero-order valence-corrected chi connectivity index (χ0v) is 11.3. The largest absolute Gasteiger partial charge is 0.462 e. The van der Waals surface area contributed by atoms with E-state index in [4.69, 9.17) is 15.3 Å². The lowest BCUT2D eigenvalue weighted by atomic mass is 10.4. The number of nitrogens with zero attached hydrogens (tertiary/aromatic N) is 4. The number of aromatic amines is 1. The Morgan fingerprint density at radius 3 is 2.55 bits per heavy atom. The normalized spacial score (nSPS) is 10.8. The fourth-order valence-corrected chi connectivity index (χ4v) is 2.63. The molecule has 1 aromatic rings. The number of aromatic nitrogens is 2. The molecule has 0 saturated heterocycles. The van der Waals surface area contributed by atoms with Crippen LogP contribution in [-0.4, -0.2) is 48.6 Å². The number of nitriles is 2. The lowest BCUT2D eigenvalue weighted by molar-refractivity contribution is 0.0521. The Hall–Kier alpha value is -2.43. The Morgan fingerprint density at radius 2 is 2.05 bits per heavy atom. The lowest BCUT2D eigenvalue weighted by Crippen LogP contribution is -2.33. The van der Waals surface area contributed by atoms with E-state index in [2.05, 4.69) is 10.2 Å². The van der Waals surface area contributed by atoms with Crippen molar-refractivity contribution >= 4 is 16.0 Å². The maximum absolute atomic E-state index is 12.2. The number of H-pyrrole nitrogens is 1. The first kappa shape index (κ1) is 15.6. The molecule has 9 nitrogen and oxygen atoms in total. The molecule has 1 aromatic heterocycles. The number of esters is 1. The van der Waals surface area contributed by atoms with E-state index in [9.17, 15) is 13.2 Å². The SMILES string of the molecule is CCOC(=O)c1cn[nH]c1S(=O)(=O)N(CC#N)CC#N. The van der Waals surface area contributed by atoms with Crippen LogP contribution in [-0.2, 0) is 14.8 Å². The Bertz CT molecular complexity index is 651. The zero-order valence-electron chi connectivity index (χ0n) is 10.5. The van der Waals surface area contributed by atoms with Gasteiger partial charge in [0.2, 0.25) is 0 Å². The van der Waals surface area contributed by atoms with Crippen molar-refractivity contribution in [2.24, 2.45) is 0 Å². The molecule has 0 radical (unpaired) electrons. The van der Waals surface area contributed by atoms with Gasteiger partial charge in [-0.3, -0.25) is 5.10 Å². The average molecular weight is 297 g/mol. The van der Waals surface area contributed by atoms with Crippen molar-refractivity contribution in [2.75, 3.05) is 19.7 Å². The summed E-state index contributed by atoms with van der Waals surface area (Å²) in [7, 11) is -4.21. The van der Waals surface area contributed by atoms with E-state index < -0.39 is 34.1 Å². The molecule has 1 N–H and O–H groups in total. The van der Waals surface area contributed by atoms with E-state index in [0.717, 1.165) is 6.20 Å². The molecule has 1 rings (SSSR count). The molecule has 20 heavy (non-hydrogen) atoms. The number of hydrogen-bond donors (Lipinski definition) is 1. The summed E-state index contributed by atoms with van der Waals surface area (Å²) in [5, 5.41) is 22.4. The third-order valence-corrected chi connectivity index (χ3v) is 3.96. The van der Waals surface area contributed by atoms with Gasteiger partial charge in [0.15, 0.2) is 5.03 Å². The summed E-state index contributed by atoms with van der Waals surface area (Å²) in [5.74, 6) is -0.853. The third kappa shape index (κ3) is 3.12. The Balaban J connectivity index is 3.23. The van der Waals surface area contributed by atoms with Crippen molar-refractivity contribution in [3.05, 3.63) is 11.8 Å². The summed E-state index contributed by atoms with van der Waals surface area (Å²) in [6.07, 6.45) is 1.02. The van der Waals surface area contributed by atoms with Gasteiger partial charge in [-0.1, -0.05) is 0 Å². The highest BCUT2D eigenvalue weighted by atomic mass is 32.2. The first-order chi connectivity index (χ1) is 9.48. The molecule has 0 saturated carbocycles. The third-order valence-electron chi connectivity index (χ3n) is 2.19. The van der Waals surface area contributed by atoms with Crippen LogP contribution in [0.2, 0.25) is 0 Å². The minimum atomic E-state index is -4.21. The molecule has 0 bridgehead atoms. The predicted molar refractivity (Wildman–Crippen MR) is 64.5 cm³/mol. The monoisotopic (exact) mass is 297 g/mol. The molecule has 0 spiro atoms. The second-order valence-corrected chi connectivity index (χ2v) is 5.30. The maximum atomic E-state index is 12.2. The number of ether oxygens (including phenoxy) is 1. The van der Waals surface area contributed by atoms with Crippen LogP contribution in [0.3, 0.4) is 0 Å². The second-order valence-electron chi connectivity index (χ2n) is 3.42. The van der Waals surface area contributed by atoms with Crippen LogP contribution in [0, 0.1) is 22.7 Å². The van der Waals surface area contributed by atoms with Gasteiger partial charge >= 0.3 is 5.97 Å². The van der Waals surface area contributed by atoms with Gasteiger partial charge in [-0.15, -0.1) is 0 Å². The molecule has 10 heteroatoms. The molecule has 0 aromatic carbocycles. The highest BCUT2D eigenvalue weighted by molar-refractivity contribution is 7.89. The van der Waals surface area contributed by atoms with Crippen molar-refractivity contribution < 1.29 is 17.9 Å². The summed E-state index contributed by atoms with van der Waals surface area (Å²) >= 11 is 0. The standard InChI is InChI=1S/C10H11N5O4S/c1-2-19-10(16)8-7-13-14-9(8)20(17,18)15(5-3-11)6-4-12/h7H,2,5-6H2,1H3,(H,13,14). The van der Waals surface area contributed by atoms with Gasteiger partial charge in [0.25, 0.3) is 10.0 Å². The van der Waals surface area contributed by atoms with Crippen LogP contribution in [0.4, 0.5) is 0 Å². The van der Waals surface area contributed by atoms with E-state index in [1.54, 1.807) is 19.1 Å². The number of rotatable bonds is 6. The summed E-state index contributed by atoms with van der Waals surface area (Å²) in [6, 6.07) is 3.28. The minimum Gasteiger partial charge on any atom is -0.462 e. The van der Waals surface area contributed by atoms with Crippen LogP contribution in [0.25, 0.3) is 0 Å². The van der Waals surface area contributed by atoms with E-state index in [1.165, 1.54) is 0 Å². The minimum absolute atomic E-state index is 0.0730. The molecule has 106 valence electrons.